The quantitative estimate of drug-likeness (QED) is 0.836. The zero-order valence-electron chi connectivity index (χ0n) is 15.9. The summed E-state index contributed by atoms with van der Waals surface area (Å²) in [4.78, 5) is 18.9. The average molecular weight is 395 g/mol. The third kappa shape index (κ3) is 4.30. The molecule has 1 saturated heterocycles. The molecule has 0 aliphatic carbocycles. The summed E-state index contributed by atoms with van der Waals surface area (Å²) in [7, 11) is 0. The molecule has 1 aliphatic heterocycles. The van der Waals surface area contributed by atoms with Crippen molar-refractivity contribution in [2.45, 2.75) is 57.8 Å². The van der Waals surface area contributed by atoms with Crippen molar-refractivity contribution in [3.8, 4) is 5.75 Å². The fourth-order valence-corrected chi connectivity index (χ4v) is 3.25. The number of alkyl halides is 2. The van der Waals surface area contributed by atoms with Crippen LogP contribution in [0.3, 0.4) is 0 Å². The normalized spacial score (nSPS) is 20.5. The van der Waals surface area contributed by atoms with Crippen LogP contribution in [0.4, 0.5) is 8.78 Å². The molecule has 152 valence electrons. The lowest BCUT2D eigenvalue weighted by molar-refractivity contribution is -0.0503. The van der Waals surface area contributed by atoms with Gasteiger partial charge in [-0.15, -0.1) is 0 Å². The van der Waals surface area contributed by atoms with Crippen molar-refractivity contribution in [1.82, 2.24) is 15.0 Å². The van der Waals surface area contributed by atoms with E-state index in [0.29, 0.717) is 18.8 Å². The molecular weight excluding hydrogens is 372 g/mol. The van der Waals surface area contributed by atoms with Gasteiger partial charge in [0.05, 0.1) is 5.56 Å². The van der Waals surface area contributed by atoms with Gasteiger partial charge in [-0.05, 0) is 45.7 Å². The van der Waals surface area contributed by atoms with Crippen LogP contribution in [0.1, 0.15) is 61.6 Å². The first-order valence-electron chi connectivity index (χ1n) is 9.08. The molecule has 0 saturated carbocycles. The van der Waals surface area contributed by atoms with E-state index in [1.807, 2.05) is 6.92 Å². The first-order chi connectivity index (χ1) is 13.2. The van der Waals surface area contributed by atoms with Gasteiger partial charge in [0, 0.05) is 18.5 Å². The van der Waals surface area contributed by atoms with E-state index >= 15 is 0 Å². The predicted octanol–water partition coefficient (Wildman–Crippen LogP) is 3.31. The van der Waals surface area contributed by atoms with Crippen molar-refractivity contribution in [2.75, 3.05) is 6.54 Å². The van der Waals surface area contributed by atoms with E-state index in [4.69, 9.17) is 4.52 Å². The minimum Gasteiger partial charge on any atom is -0.434 e. The number of nitrogens with zero attached hydrogens (tertiary/aromatic N) is 3. The number of hydrogen-bond donors (Lipinski definition) is 1. The van der Waals surface area contributed by atoms with Crippen LogP contribution in [0.2, 0.25) is 0 Å². The third-order valence-electron chi connectivity index (χ3n) is 4.81. The fraction of sp³-hybridized carbons (Fsp3) is 0.526. The Morgan fingerprint density at radius 2 is 2.07 bits per heavy atom. The molecule has 2 heterocycles. The number of ether oxygens (including phenoxy) is 1. The molecule has 7 nitrogen and oxygen atoms in total. The molecule has 1 amide bonds. The molecule has 1 aromatic heterocycles. The van der Waals surface area contributed by atoms with E-state index in [-0.39, 0.29) is 35.1 Å². The van der Waals surface area contributed by atoms with Gasteiger partial charge in [-0.2, -0.15) is 13.8 Å². The van der Waals surface area contributed by atoms with E-state index in [0.717, 1.165) is 6.42 Å². The highest BCUT2D eigenvalue weighted by Gasteiger charge is 2.35. The number of para-hydroxylation sites is 1. The fourth-order valence-electron chi connectivity index (χ4n) is 3.25. The van der Waals surface area contributed by atoms with Crippen LogP contribution in [0.25, 0.3) is 0 Å². The van der Waals surface area contributed by atoms with E-state index in [2.05, 4.69) is 14.9 Å². The molecule has 1 N–H and O–H groups in total. The second-order valence-corrected chi connectivity index (χ2v) is 7.47. The summed E-state index contributed by atoms with van der Waals surface area (Å²) in [6.07, 6.45) is 1.44. The summed E-state index contributed by atoms with van der Waals surface area (Å²) >= 11 is 0. The molecule has 1 aromatic carbocycles. The molecule has 0 unspecified atom stereocenters. The van der Waals surface area contributed by atoms with Crippen molar-refractivity contribution in [2.24, 2.45) is 0 Å². The molecule has 0 radical (unpaired) electrons. The highest BCUT2D eigenvalue weighted by molar-refractivity contribution is 5.97. The van der Waals surface area contributed by atoms with Crippen molar-refractivity contribution >= 4 is 5.91 Å². The first-order valence-corrected chi connectivity index (χ1v) is 9.08. The lowest BCUT2D eigenvalue weighted by Gasteiger charge is -2.37. The molecule has 3 rings (SSSR count). The Labute approximate surface area is 161 Å². The molecule has 0 bridgehead atoms. The summed E-state index contributed by atoms with van der Waals surface area (Å²) in [5.74, 6) is -0.197. The standard InChI is InChI=1S/C19H23F2N3O4/c1-11-8-9-12(15-22-17(28-23-15)19(2,3)26)10-24(11)16(25)13-6-4-5-7-14(13)27-18(20)21/h4-7,11-12,18,26H,8-10H2,1-3H3/t11-,12-/m1/s1. The molecule has 1 fully saturated rings. The molecule has 1 aliphatic rings. The maximum absolute atomic E-state index is 13.1. The van der Waals surface area contributed by atoms with Gasteiger partial charge in [0.1, 0.15) is 11.4 Å². The summed E-state index contributed by atoms with van der Waals surface area (Å²) in [6, 6.07) is 5.88. The van der Waals surface area contributed by atoms with Crippen molar-refractivity contribution < 1.29 is 27.9 Å². The van der Waals surface area contributed by atoms with Gasteiger partial charge in [-0.25, -0.2) is 0 Å². The number of aliphatic hydroxyl groups is 1. The van der Waals surface area contributed by atoms with Crippen molar-refractivity contribution in [1.29, 1.82) is 0 Å². The van der Waals surface area contributed by atoms with Crippen LogP contribution < -0.4 is 4.74 Å². The van der Waals surface area contributed by atoms with Gasteiger partial charge < -0.3 is 19.3 Å². The van der Waals surface area contributed by atoms with Gasteiger partial charge in [0.2, 0.25) is 0 Å². The number of amides is 1. The monoisotopic (exact) mass is 395 g/mol. The van der Waals surface area contributed by atoms with E-state index in [1.54, 1.807) is 24.8 Å². The molecule has 2 aromatic rings. The Kier molecular flexibility index (Phi) is 5.64. The number of aromatic nitrogens is 2. The lowest BCUT2D eigenvalue weighted by atomic mass is 9.92. The first kappa shape index (κ1) is 20.2. The smallest absolute Gasteiger partial charge is 0.387 e. The predicted molar refractivity (Wildman–Crippen MR) is 95.1 cm³/mol. The summed E-state index contributed by atoms with van der Waals surface area (Å²) in [5.41, 5.74) is -1.17. The number of hydrogen-bond acceptors (Lipinski definition) is 6. The Bertz CT molecular complexity index is 835. The Morgan fingerprint density at radius 1 is 1.36 bits per heavy atom. The summed E-state index contributed by atoms with van der Waals surface area (Å²) < 4.78 is 35.0. The third-order valence-corrected chi connectivity index (χ3v) is 4.81. The highest BCUT2D eigenvalue weighted by atomic mass is 19.3. The minimum absolute atomic E-state index is 0.0796. The largest absolute Gasteiger partial charge is 0.434 e. The molecule has 0 spiro atoms. The van der Waals surface area contributed by atoms with E-state index in [9.17, 15) is 18.7 Å². The second kappa shape index (κ2) is 7.83. The van der Waals surface area contributed by atoms with Crippen LogP contribution in [-0.4, -0.2) is 45.3 Å². The molecule has 28 heavy (non-hydrogen) atoms. The number of benzene rings is 1. The number of rotatable bonds is 5. The molecule has 2 atom stereocenters. The van der Waals surface area contributed by atoms with Gasteiger partial charge in [-0.1, -0.05) is 17.3 Å². The van der Waals surface area contributed by atoms with Gasteiger partial charge in [0.15, 0.2) is 5.82 Å². The second-order valence-electron chi connectivity index (χ2n) is 7.47. The topological polar surface area (TPSA) is 88.7 Å². The lowest BCUT2D eigenvalue weighted by Crippen LogP contribution is -2.45. The zero-order chi connectivity index (χ0) is 20.5. The number of carbonyl (C=O) groups excluding carboxylic acids is 1. The van der Waals surface area contributed by atoms with Crippen LogP contribution in [0.15, 0.2) is 28.8 Å². The number of piperidine rings is 1. The maximum atomic E-state index is 13.1. The van der Waals surface area contributed by atoms with Crippen LogP contribution >= 0.6 is 0 Å². The van der Waals surface area contributed by atoms with Gasteiger partial charge in [-0.3, -0.25) is 4.79 Å². The van der Waals surface area contributed by atoms with Crippen LogP contribution in [-0.2, 0) is 5.60 Å². The number of carbonyl (C=O) groups is 1. The van der Waals surface area contributed by atoms with Crippen LogP contribution in [0.5, 0.6) is 5.75 Å². The average Bonchev–Trinajstić information content (AvgIpc) is 3.12. The van der Waals surface area contributed by atoms with Gasteiger partial charge in [0.25, 0.3) is 11.8 Å². The summed E-state index contributed by atoms with van der Waals surface area (Å²) in [5, 5.41) is 13.9. The zero-order valence-corrected chi connectivity index (χ0v) is 15.9. The maximum Gasteiger partial charge on any atom is 0.387 e. The van der Waals surface area contributed by atoms with Crippen LogP contribution in [0, 0.1) is 0 Å². The minimum atomic E-state index is -3.01. The van der Waals surface area contributed by atoms with Crippen molar-refractivity contribution in [3.05, 3.63) is 41.5 Å². The van der Waals surface area contributed by atoms with E-state index in [1.165, 1.54) is 18.2 Å². The van der Waals surface area contributed by atoms with E-state index < -0.39 is 12.2 Å². The number of halogens is 2. The Balaban J connectivity index is 1.82. The van der Waals surface area contributed by atoms with Crippen molar-refractivity contribution in [3.63, 3.8) is 0 Å². The molecular formula is C19H23F2N3O4. The highest BCUT2D eigenvalue weighted by Crippen LogP contribution is 2.32. The molecule has 9 heteroatoms. The number of likely N-dealkylation sites (tertiary alicyclic amines) is 1. The Hall–Kier alpha value is -2.55. The SMILES string of the molecule is C[C@@H]1CC[C@@H](c2noc(C(C)(C)O)n2)CN1C(=O)c1ccccc1OC(F)F. The van der Waals surface area contributed by atoms with Gasteiger partial charge >= 0.3 is 6.61 Å². The Morgan fingerprint density at radius 3 is 2.71 bits per heavy atom. The summed E-state index contributed by atoms with van der Waals surface area (Å²) in [6.45, 7) is 2.29.